The third-order valence-electron chi connectivity index (χ3n) is 5.87. The SMILES string of the molecule is CCc1cc2c(cc1C)C(=O)/C(=C/c1cc3sc(-c4cc5ccccc5o4)nc3s1)C2=O. The molecule has 0 radical (unpaired) electrons. The summed E-state index contributed by atoms with van der Waals surface area (Å²) < 4.78 is 6.95. The number of hydrogen-bond donors (Lipinski definition) is 0. The monoisotopic (exact) mass is 455 g/mol. The van der Waals surface area contributed by atoms with Crippen molar-refractivity contribution in [2.45, 2.75) is 20.3 Å². The molecule has 0 fully saturated rings. The second kappa shape index (κ2) is 7.08. The lowest BCUT2D eigenvalue weighted by atomic mass is 9.99. The third-order valence-corrected chi connectivity index (χ3v) is 7.99. The van der Waals surface area contributed by atoms with Crippen molar-refractivity contribution in [2.24, 2.45) is 0 Å². The second-order valence-corrected chi connectivity index (χ2v) is 9.97. The minimum absolute atomic E-state index is 0.188. The van der Waals surface area contributed by atoms with E-state index < -0.39 is 0 Å². The molecule has 2 aromatic carbocycles. The molecule has 5 aromatic rings. The summed E-state index contributed by atoms with van der Waals surface area (Å²) in [5.74, 6) is 0.369. The molecule has 3 heterocycles. The maximum absolute atomic E-state index is 13.0. The van der Waals surface area contributed by atoms with Crippen molar-refractivity contribution in [1.29, 1.82) is 0 Å². The number of benzene rings is 2. The number of nitrogens with zero attached hydrogens (tertiary/aromatic N) is 1. The lowest BCUT2D eigenvalue weighted by Crippen LogP contribution is -1.99. The topological polar surface area (TPSA) is 60.2 Å². The smallest absolute Gasteiger partial charge is 0.197 e. The molecular formula is C26H17NO3S2. The van der Waals surface area contributed by atoms with E-state index in [1.807, 2.05) is 55.5 Å². The van der Waals surface area contributed by atoms with Crippen LogP contribution in [0.25, 0.3) is 37.3 Å². The number of aromatic nitrogens is 1. The Balaban J connectivity index is 1.36. The zero-order valence-corrected chi connectivity index (χ0v) is 19.0. The zero-order chi connectivity index (χ0) is 22.0. The largest absolute Gasteiger partial charge is 0.454 e. The lowest BCUT2D eigenvalue weighted by molar-refractivity contribution is 0.0990. The Bertz CT molecular complexity index is 1550. The molecule has 32 heavy (non-hydrogen) atoms. The Kier molecular flexibility index (Phi) is 4.28. The highest BCUT2D eigenvalue weighted by molar-refractivity contribution is 7.29. The molecule has 0 saturated heterocycles. The van der Waals surface area contributed by atoms with E-state index in [2.05, 4.69) is 6.92 Å². The minimum atomic E-state index is -0.191. The van der Waals surface area contributed by atoms with Gasteiger partial charge in [-0.15, -0.1) is 22.7 Å². The molecule has 6 heteroatoms. The number of aryl methyl sites for hydroxylation is 2. The summed E-state index contributed by atoms with van der Waals surface area (Å²) in [6.45, 7) is 4.04. The number of thiophene rings is 1. The molecule has 4 nitrogen and oxygen atoms in total. The minimum Gasteiger partial charge on any atom is -0.454 e. The van der Waals surface area contributed by atoms with Crippen LogP contribution in [-0.4, -0.2) is 16.6 Å². The quantitative estimate of drug-likeness (QED) is 0.215. The number of hydrogen-bond acceptors (Lipinski definition) is 6. The van der Waals surface area contributed by atoms with Gasteiger partial charge in [-0.2, -0.15) is 0 Å². The Labute approximate surface area is 191 Å². The summed E-state index contributed by atoms with van der Waals surface area (Å²) in [4.78, 5) is 32.3. The molecule has 0 saturated carbocycles. The second-order valence-electron chi connectivity index (χ2n) is 7.88. The first-order chi connectivity index (χ1) is 15.5. The number of carbonyl (C=O) groups is 2. The van der Waals surface area contributed by atoms with Crippen LogP contribution in [0.2, 0.25) is 0 Å². The van der Waals surface area contributed by atoms with Crippen LogP contribution in [0.3, 0.4) is 0 Å². The summed E-state index contributed by atoms with van der Waals surface area (Å²) >= 11 is 3.02. The highest BCUT2D eigenvalue weighted by atomic mass is 32.1. The molecule has 3 aromatic heterocycles. The number of rotatable bonds is 3. The summed E-state index contributed by atoms with van der Waals surface area (Å²) in [6.07, 6.45) is 2.55. The Hall–Kier alpha value is -3.35. The van der Waals surface area contributed by atoms with Gasteiger partial charge in [0.2, 0.25) is 0 Å². The summed E-state index contributed by atoms with van der Waals surface area (Å²) in [7, 11) is 0. The van der Waals surface area contributed by atoms with Gasteiger partial charge in [-0.1, -0.05) is 25.1 Å². The standard InChI is InChI=1S/C26H17NO3S2/c1-3-14-9-18-17(8-13(14)2)23(28)19(24(18)29)11-16-12-22-26(31-16)27-25(32-22)21-10-15-6-4-5-7-20(15)30-21/h4-12H,3H2,1-2H3/b19-11-. The van der Waals surface area contributed by atoms with Gasteiger partial charge in [0, 0.05) is 21.4 Å². The molecule has 0 unspecified atom stereocenters. The molecule has 6 rings (SSSR count). The lowest BCUT2D eigenvalue weighted by Gasteiger charge is -2.04. The molecule has 0 N–H and O–H groups in total. The van der Waals surface area contributed by atoms with Crippen LogP contribution < -0.4 is 0 Å². The Morgan fingerprint density at radius 1 is 1.00 bits per heavy atom. The van der Waals surface area contributed by atoms with Gasteiger partial charge < -0.3 is 4.42 Å². The van der Waals surface area contributed by atoms with Gasteiger partial charge in [-0.25, -0.2) is 4.98 Å². The summed E-state index contributed by atoms with van der Waals surface area (Å²) in [5, 5.41) is 1.87. The predicted molar refractivity (Wildman–Crippen MR) is 130 cm³/mol. The van der Waals surface area contributed by atoms with Crippen molar-refractivity contribution in [1.82, 2.24) is 4.98 Å². The van der Waals surface area contributed by atoms with Gasteiger partial charge in [0.1, 0.15) is 10.4 Å². The Morgan fingerprint density at radius 3 is 2.53 bits per heavy atom. The highest BCUT2D eigenvalue weighted by Gasteiger charge is 2.33. The van der Waals surface area contributed by atoms with Crippen LogP contribution in [0.1, 0.15) is 43.6 Å². The molecule has 1 aliphatic rings. The number of carbonyl (C=O) groups excluding carboxylic acids is 2. The molecule has 0 bridgehead atoms. The Morgan fingerprint density at radius 2 is 1.78 bits per heavy atom. The highest BCUT2D eigenvalue weighted by Crippen LogP contribution is 2.39. The van der Waals surface area contributed by atoms with Crippen LogP contribution >= 0.6 is 22.7 Å². The molecule has 0 spiro atoms. The number of allylic oxidation sites excluding steroid dienone is 1. The number of fused-ring (bicyclic) bond motifs is 3. The van der Waals surface area contributed by atoms with E-state index in [0.717, 1.165) is 53.7 Å². The van der Waals surface area contributed by atoms with Crippen LogP contribution in [0.15, 0.2) is 58.5 Å². The van der Waals surface area contributed by atoms with Gasteiger partial charge in [-0.3, -0.25) is 9.59 Å². The number of furan rings is 1. The van der Waals surface area contributed by atoms with Crippen molar-refractivity contribution < 1.29 is 14.0 Å². The van der Waals surface area contributed by atoms with E-state index in [9.17, 15) is 9.59 Å². The molecule has 0 amide bonds. The first-order valence-electron chi connectivity index (χ1n) is 10.4. The van der Waals surface area contributed by atoms with Crippen molar-refractivity contribution >= 4 is 60.8 Å². The van der Waals surface area contributed by atoms with E-state index in [1.165, 1.54) is 11.3 Å². The number of thiazole rings is 1. The van der Waals surface area contributed by atoms with Crippen LogP contribution in [-0.2, 0) is 6.42 Å². The van der Waals surface area contributed by atoms with Crippen molar-refractivity contribution in [3.05, 3.63) is 81.2 Å². The predicted octanol–water partition coefficient (Wildman–Crippen LogP) is 7.10. The molecule has 0 atom stereocenters. The maximum atomic E-state index is 13.0. The van der Waals surface area contributed by atoms with E-state index in [4.69, 9.17) is 9.40 Å². The summed E-state index contributed by atoms with van der Waals surface area (Å²) in [5.41, 5.74) is 4.26. The van der Waals surface area contributed by atoms with Gasteiger partial charge in [0.15, 0.2) is 22.3 Å². The number of ketones is 2. The fourth-order valence-corrected chi connectivity index (χ4v) is 6.31. The summed E-state index contributed by atoms with van der Waals surface area (Å²) in [6, 6.07) is 15.6. The van der Waals surface area contributed by atoms with Gasteiger partial charge in [-0.05, 0) is 60.9 Å². The zero-order valence-electron chi connectivity index (χ0n) is 17.4. The maximum Gasteiger partial charge on any atom is 0.197 e. The first-order valence-corrected chi connectivity index (χ1v) is 12.0. The van der Waals surface area contributed by atoms with E-state index in [0.29, 0.717) is 11.1 Å². The third kappa shape index (κ3) is 2.91. The number of para-hydroxylation sites is 1. The number of Topliss-reactive ketones (excluding diaryl/α,β-unsaturated/α-hetero) is 2. The van der Waals surface area contributed by atoms with Crippen molar-refractivity contribution in [2.75, 3.05) is 0 Å². The molecule has 0 aliphatic heterocycles. The molecule has 1 aliphatic carbocycles. The van der Waals surface area contributed by atoms with Gasteiger partial charge in [0.05, 0.1) is 10.3 Å². The molecule has 156 valence electrons. The van der Waals surface area contributed by atoms with E-state index >= 15 is 0 Å². The van der Waals surface area contributed by atoms with Gasteiger partial charge >= 0.3 is 0 Å². The van der Waals surface area contributed by atoms with Crippen LogP contribution in [0, 0.1) is 6.92 Å². The average molecular weight is 456 g/mol. The van der Waals surface area contributed by atoms with Crippen molar-refractivity contribution in [3.63, 3.8) is 0 Å². The van der Waals surface area contributed by atoms with Crippen molar-refractivity contribution in [3.8, 4) is 10.8 Å². The van der Waals surface area contributed by atoms with Gasteiger partial charge in [0.25, 0.3) is 0 Å². The van der Waals surface area contributed by atoms with E-state index in [-0.39, 0.29) is 17.1 Å². The van der Waals surface area contributed by atoms with Crippen LogP contribution in [0.4, 0.5) is 0 Å². The fraction of sp³-hybridized carbons (Fsp3) is 0.115. The average Bonchev–Trinajstić information content (AvgIpc) is 3.52. The first kappa shape index (κ1) is 19.3. The normalized spacial score (nSPS) is 14.9. The fourth-order valence-electron chi connectivity index (χ4n) is 4.19. The van der Waals surface area contributed by atoms with E-state index in [1.54, 1.807) is 17.4 Å². The van der Waals surface area contributed by atoms with Crippen LogP contribution in [0.5, 0.6) is 0 Å². The molecular weight excluding hydrogens is 438 g/mol.